The molecule has 1 aromatic rings. The van der Waals surface area contributed by atoms with Crippen LogP contribution in [0.25, 0.3) is 0 Å². The molecule has 0 unspecified atom stereocenters. The Hall–Kier alpha value is -2.64. The fraction of sp³-hybridized carbons (Fsp3) is 0.500. The van der Waals surface area contributed by atoms with Crippen LogP contribution >= 0.6 is 0 Å². The molecule has 1 saturated carbocycles. The van der Waals surface area contributed by atoms with Crippen molar-refractivity contribution < 1.29 is 24.0 Å². The van der Waals surface area contributed by atoms with Gasteiger partial charge < -0.3 is 14.4 Å². The molecule has 0 N–H and O–H groups in total. The molecule has 1 aromatic carbocycles. The van der Waals surface area contributed by atoms with Gasteiger partial charge in [-0.1, -0.05) is 0 Å². The molecule has 1 aliphatic carbocycles. The van der Waals surface area contributed by atoms with E-state index in [-0.39, 0.29) is 47.9 Å². The summed E-state index contributed by atoms with van der Waals surface area (Å²) in [6, 6.07) is 4.18. The number of carbonyl (C=O) groups excluding carboxylic acids is 2. The Morgan fingerprint density at radius 3 is 2.62 bits per heavy atom. The Morgan fingerprint density at radius 2 is 2.08 bits per heavy atom. The Kier molecular flexibility index (Phi) is 5.73. The van der Waals surface area contributed by atoms with Gasteiger partial charge in [-0.25, -0.2) is 0 Å². The monoisotopic (exact) mass is 336 g/mol. The van der Waals surface area contributed by atoms with Crippen LogP contribution in [0.1, 0.15) is 36.5 Å². The summed E-state index contributed by atoms with van der Waals surface area (Å²) in [4.78, 5) is 36.3. The number of hydrogen-bond donors (Lipinski definition) is 0. The fourth-order valence-electron chi connectivity index (χ4n) is 2.41. The molecule has 0 bridgehead atoms. The molecular formula is C16H20N2O6. The molecule has 0 heterocycles. The van der Waals surface area contributed by atoms with Crippen LogP contribution in [0, 0.1) is 10.1 Å². The number of ether oxygens (including phenoxy) is 2. The van der Waals surface area contributed by atoms with Crippen molar-refractivity contribution in [2.24, 2.45) is 0 Å². The van der Waals surface area contributed by atoms with Gasteiger partial charge in [0.1, 0.15) is 0 Å². The Bertz CT molecular complexity index is 641. The van der Waals surface area contributed by atoms with E-state index < -0.39 is 4.92 Å². The highest BCUT2D eigenvalue weighted by Crippen LogP contribution is 2.31. The van der Waals surface area contributed by atoms with E-state index in [0.717, 1.165) is 12.8 Å². The van der Waals surface area contributed by atoms with Crippen molar-refractivity contribution in [3.8, 4) is 5.75 Å². The molecule has 1 aliphatic rings. The van der Waals surface area contributed by atoms with Crippen LogP contribution in [0.5, 0.6) is 5.75 Å². The third-order valence-electron chi connectivity index (χ3n) is 3.73. The first-order valence-corrected chi connectivity index (χ1v) is 7.77. The Morgan fingerprint density at radius 1 is 1.38 bits per heavy atom. The number of benzene rings is 1. The molecule has 8 nitrogen and oxygen atoms in total. The lowest BCUT2D eigenvalue weighted by atomic mass is 10.1. The molecule has 2 rings (SSSR count). The second kappa shape index (κ2) is 7.76. The van der Waals surface area contributed by atoms with Gasteiger partial charge in [-0.3, -0.25) is 19.7 Å². The van der Waals surface area contributed by atoms with Crippen molar-refractivity contribution in [1.82, 2.24) is 4.90 Å². The van der Waals surface area contributed by atoms with Crippen LogP contribution in [-0.4, -0.2) is 48.0 Å². The lowest BCUT2D eigenvalue weighted by Crippen LogP contribution is -2.35. The van der Waals surface area contributed by atoms with Gasteiger partial charge >= 0.3 is 11.7 Å². The second-order valence-electron chi connectivity index (χ2n) is 5.43. The Balaban J connectivity index is 2.16. The zero-order valence-corrected chi connectivity index (χ0v) is 13.7. The summed E-state index contributed by atoms with van der Waals surface area (Å²) < 4.78 is 9.82. The molecule has 0 spiro atoms. The lowest BCUT2D eigenvalue weighted by Gasteiger charge is -2.22. The minimum Gasteiger partial charge on any atom is -0.490 e. The number of nitro benzene ring substituents is 1. The van der Waals surface area contributed by atoms with E-state index in [1.165, 1.54) is 25.3 Å². The van der Waals surface area contributed by atoms with Gasteiger partial charge in [-0.2, -0.15) is 0 Å². The van der Waals surface area contributed by atoms with Crippen molar-refractivity contribution in [1.29, 1.82) is 0 Å². The number of hydrogen-bond acceptors (Lipinski definition) is 6. The van der Waals surface area contributed by atoms with Crippen molar-refractivity contribution in [2.75, 3.05) is 20.3 Å². The number of methoxy groups -OCH3 is 1. The number of nitro groups is 1. The maximum absolute atomic E-state index is 12.7. The van der Waals surface area contributed by atoms with Crippen LogP contribution < -0.4 is 4.74 Å². The minimum absolute atomic E-state index is 0.0769. The average molecular weight is 336 g/mol. The third-order valence-corrected chi connectivity index (χ3v) is 3.73. The predicted molar refractivity (Wildman–Crippen MR) is 85.0 cm³/mol. The first kappa shape index (κ1) is 17.7. The van der Waals surface area contributed by atoms with Gasteiger partial charge in [0.05, 0.1) is 25.1 Å². The van der Waals surface area contributed by atoms with E-state index >= 15 is 0 Å². The van der Waals surface area contributed by atoms with Crippen LogP contribution in [-0.2, 0) is 9.53 Å². The number of rotatable bonds is 8. The smallest absolute Gasteiger partial charge is 0.311 e. The van der Waals surface area contributed by atoms with E-state index in [4.69, 9.17) is 9.47 Å². The maximum atomic E-state index is 12.7. The van der Waals surface area contributed by atoms with E-state index in [0.29, 0.717) is 6.61 Å². The zero-order valence-electron chi connectivity index (χ0n) is 13.7. The number of amides is 1. The molecule has 0 aromatic heterocycles. The molecular weight excluding hydrogens is 316 g/mol. The highest BCUT2D eigenvalue weighted by Gasteiger charge is 2.34. The molecule has 130 valence electrons. The van der Waals surface area contributed by atoms with Gasteiger partial charge in [-0.05, 0) is 31.9 Å². The summed E-state index contributed by atoms with van der Waals surface area (Å²) in [6.45, 7) is 2.25. The van der Waals surface area contributed by atoms with Crippen molar-refractivity contribution in [3.05, 3.63) is 33.9 Å². The highest BCUT2D eigenvalue weighted by molar-refractivity contribution is 5.95. The van der Waals surface area contributed by atoms with Gasteiger partial charge in [0.2, 0.25) is 0 Å². The van der Waals surface area contributed by atoms with Crippen LogP contribution in [0.15, 0.2) is 18.2 Å². The summed E-state index contributed by atoms with van der Waals surface area (Å²) >= 11 is 0. The zero-order chi connectivity index (χ0) is 17.7. The summed E-state index contributed by atoms with van der Waals surface area (Å²) in [5.74, 6) is -0.592. The molecule has 0 aliphatic heterocycles. The van der Waals surface area contributed by atoms with Crippen molar-refractivity contribution in [2.45, 2.75) is 32.2 Å². The van der Waals surface area contributed by atoms with Crippen LogP contribution in [0.4, 0.5) is 5.69 Å². The second-order valence-corrected chi connectivity index (χ2v) is 5.43. The van der Waals surface area contributed by atoms with Crippen molar-refractivity contribution in [3.63, 3.8) is 0 Å². The number of esters is 1. The summed E-state index contributed by atoms with van der Waals surface area (Å²) in [5, 5.41) is 11.1. The summed E-state index contributed by atoms with van der Waals surface area (Å²) in [6.07, 6.45) is 1.84. The summed E-state index contributed by atoms with van der Waals surface area (Å²) in [7, 11) is 1.33. The lowest BCUT2D eigenvalue weighted by molar-refractivity contribution is -0.385. The van der Waals surface area contributed by atoms with Gasteiger partial charge in [-0.15, -0.1) is 0 Å². The molecule has 0 saturated heterocycles. The topological polar surface area (TPSA) is 99.0 Å². The predicted octanol–water partition coefficient (Wildman–Crippen LogP) is 2.16. The highest BCUT2D eigenvalue weighted by atomic mass is 16.6. The quantitative estimate of drug-likeness (QED) is 0.410. The standard InChI is InChI=1S/C16H20N2O6/c1-3-24-15(19)8-9-17(12-5-6-12)16(20)11-4-7-14(23-2)13(10-11)18(21)22/h4,7,10,12H,3,5-6,8-9H2,1-2H3. The molecule has 0 radical (unpaired) electrons. The van der Waals surface area contributed by atoms with Crippen molar-refractivity contribution >= 4 is 17.6 Å². The first-order valence-electron chi connectivity index (χ1n) is 7.77. The van der Waals surface area contributed by atoms with Crippen LogP contribution in [0.2, 0.25) is 0 Å². The molecule has 24 heavy (non-hydrogen) atoms. The van der Waals surface area contributed by atoms with Gasteiger partial charge in [0.15, 0.2) is 5.75 Å². The van der Waals surface area contributed by atoms with Gasteiger partial charge in [0.25, 0.3) is 5.91 Å². The molecule has 1 fully saturated rings. The normalized spacial score (nSPS) is 13.2. The minimum atomic E-state index is -0.588. The maximum Gasteiger partial charge on any atom is 0.311 e. The molecule has 0 atom stereocenters. The number of nitrogens with zero attached hydrogens (tertiary/aromatic N) is 2. The summed E-state index contributed by atoms with van der Waals surface area (Å²) in [5.41, 5.74) is -0.0530. The largest absolute Gasteiger partial charge is 0.490 e. The van der Waals surface area contributed by atoms with E-state index in [1.807, 2.05) is 0 Å². The first-order chi connectivity index (χ1) is 11.5. The van der Waals surface area contributed by atoms with E-state index in [2.05, 4.69) is 0 Å². The third kappa shape index (κ3) is 4.21. The molecule has 8 heteroatoms. The molecule has 1 amide bonds. The SMILES string of the molecule is CCOC(=O)CCN(C(=O)c1ccc(OC)c([N+](=O)[O-])c1)C1CC1. The average Bonchev–Trinajstić information content (AvgIpc) is 3.39. The fourth-order valence-corrected chi connectivity index (χ4v) is 2.41. The van der Waals surface area contributed by atoms with E-state index in [9.17, 15) is 19.7 Å². The van der Waals surface area contributed by atoms with E-state index in [1.54, 1.807) is 11.8 Å². The van der Waals surface area contributed by atoms with Gasteiger partial charge in [0, 0.05) is 24.2 Å². The number of carbonyl (C=O) groups is 2. The van der Waals surface area contributed by atoms with Crippen LogP contribution in [0.3, 0.4) is 0 Å². The Labute approximate surface area is 139 Å².